The molecule has 1 atom stereocenters. The molecule has 2 amide bonds. The number of amides is 2. The topological polar surface area (TPSA) is 60.9 Å². The standard InChI is InChI=1S/C15H26N2O3/c1-2-5-13-6-3-4-9-17(13)15(20)16-10-7-12(8-11-16)14(18)19/h12-13H,2-11H2,1H3,(H,18,19). The average Bonchev–Trinajstić information content (AvgIpc) is 2.47. The number of nitrogens with zero attached hydrogens (tertiary/aromatic N) is 2. The molecule has 2 fully saturated rings. The molecule has 2 aliphatic rings. The molecule has 0 radical (unpaired) electrons. The number of carboxylic acids is 1. The van der Waals surface area contributed by atoms with Gasteiger partial charge in [0.05, 0.1) is 5.92 Å². The van der Waals surface area contributed by atoms with Crippen LogP contribution in [0.5, 0.6) is 0 Å². The molecule has 2 aliphatic heterocycles. The number of piperidine rings is 2. The van der Waals surface area contributed by atoms with Gasteiger partial charge in [0.15, 0.2) is 0 Å². The number of likely N-dealkylation sites (tertiary alicyclic amines) is 2. The fraction of sp³-hybridized carbons (Fsp3) is 0.867. The summed E-state index contributed by atoms with van der Waals surface area (Å²) < 4.78 is 0. The van der Waals surface area contributed by atoms with E-state index < -0.39 is 5.97 Å². The van der Waals surface area contributed by atoms with Crippen molar-refractivity contribution in [1.29, 1.82) is 0 Å². The average molecular weight is 282 g/mol. The van der Waals surface area contributed by atoms with E-state index in [9.17, 15) is 9.59 Å². The van der Waals surface area contributed by atoms with Crippen LogP contribution in [0.2, 0.25) is 0 Å². The van der Waals surface area contributed by atoms with Gasteiger partial charge in [0.1, 0.15) is 0 Å². The minimum Gasteiger partial charge on any atom is -0.481 e. The van der Waals surface area contributed by atoms with E-state index in [4.69, 9.17) is 5.11 Å². The number of carboxylic acid groups (broad SMARTS) is 1. The lowest BCUT2D eigenvalue weighted by atomic mass is 9.96. The molecule has 0 aromatic rings. The highest BCUT2D eigenvalue weighted by atomic mass is 16.4. The second-order valence-electron chi connectivity index (χ2n) is 6.01. The lowest BCUT2D eigenvalue weighted by Crippen LogP contribution is -2.52. The van der Waals surface area contributed by atoms with Crippen molar-refractivity contribution in [3.63, 3.8) is 0 Å². The van der Waals surface area contributed by atoms with Gasteiger partial charge in [-0.3, -0.25) is 4.79 Å². The first-order chi connectivity index (χ1) is 9.63. The molecule has 2 heterocycles. The van der Waals surface area contributed by atoms with Gasteiger partial charge in [-0.15, -0.1) is 0 Å². The molecule has 0 aromatic heterocycles. The van der Waals surface area contributed by atoms with E-state index in [0.717, 1.165) is 32.2 Å². The number of carbonyl (C=O) groups is 2. The first-order valence-electron chi connectivity index (χ1n) is 7.91. The van der Waals surface area contributed by atoms with Crippen LogP contribution in [0.25, 0.3) is 0 Å². The second kappa shape index (κ2) is 6.95. The maximum Gasteiger partial charge on any atom is 0.320 e. The van der Waals surface area contributed by atoms with E-state index in [-0.39, 0.29) is 11.9 Å². The van der Waals surface area contributed by atoms with Crippen molar-refractivity contribution in [2.75, 3.05) is 19.6 Å². The van der Waals surface area contributed by atoms with Gasteiger partial charge in [0.25, 0.3) is 0 Å². The minimum absolute atomic E-state index is 0.131. The van der Waals surface area contributed by atoms with Crippen LogP contribution < -0.4 is 0 Å². The van der Waals surface area contributed by atoms with Gasteiger partial charge in [-0.05, 0) is 38.5 Å². The normalized spacial score (nSPS) is 24.8. The van der Waals surface area contributed by atoms with E-state index >= 15 is 0 Å². The molecule has 2 rings (SSSR count). The Kier molecular flexibility index (Phi) is 5.26. The van der Waals surface area contributed by atoms with Crippen molar-refractivity contribution < 1.29 is 14.7 Å². The van der Waals surface area contributed by atoms with Gasteiger partial charge < -0.3 is 14.9 Å². The highest BCUT2D eigenvalue weighted by molar-refractivity contribution is 5.76. The van der Waals surface area contributed by atoms with Gasteiger partial charge in [-0.25, -0.2) is 4.79 Å². The first kappa shape index (κ1) is 15.1. The van der Waals surface area contributed by atoms with Crippen LogP contribution in [-0.4, -0.2) is 52.6 Å². The van der Waals surface area contributed by atoms with Crippen molar-refractivity contribution in [3.8, 4) is 0 Å². The third-order valence-corrected chi connectivity index (χ3v) is 4.61. The Morgan fingerprint density at radius 1 is 1.10 bits per heavy atom. The van der Waals surface area contributed by atoms with Crippen molar-refractivity contribution in [3.05, 3.63) is 0 Å². The molecule has 114 valence electrons. The Labute approximate surface area is 120 Å². The number of carbonyl (C=O) groups excluding carboxylic acids is 1. The molecule has 0 saturated carbocycles. The number of aliphatic carboxylic acids is 1. The van der Waals surface area contributed by atoms with Crippen LogP contribution in [0, 0.1) is 5.92 Å². The minimum atomic E-state index is -0.723. The molecule has 1 unspecified atom stereocenters. The van der Waals surface area contributed by atoms with Crippen LogP contribution in [0.4, 0.5) is 4.79 Å². The maximum atomic E-state index is 12.6. The third kappa shape index (κ3) is 3.44. The summed E-state index contributed by atoms with van der Waals surface area (Å²) in [6.07, 6.45) is 6.80. The molecule has 5 heteroatoms. The monoisotopic (exact) mass is 282 g/mol. The largest absolute Gasteiger partial charge is 0.481 e. The highest BCUT2D eigenvalue weighted by Crippen LogP contribution is 2.24. The highest BCUT2D eigenvalue weighted by Gasteiger charge is 2.32. The number of hydrogen-bond acceptors (Lipinski definition) is 2. The summed E-state index contributed by atoms with van der Waals surface area (Å²) in [5.74, 6) is -0.995. The van der Waals surface area contributed by atoms with Crippen LogP contribution in [0.1, 0.15) is 51.9 Å². The predicted molar refractivity (Wildman–Crippen MR) is 76.6 cm³/mol. The smallest absolute Gasteiger partial charge is 0.320 e. The molecular formula is C15H26N2O3. The van der Waals surface area contributed by atoms with Crippen LogP contribution in [0.15, 0.2) is 0 Å². The van der Waals surface area contributed by atoms with Crippen molar-refractivity contribution in [1.82, 2.24) is 9.80 Å². The van der Waals surface area contributed by atoms with Crippen molar-refractivity contribution >= 4 is 12.0 Å². The predicted octanol–water partition coefficient (Wildman–Crippen LogP) is 2.56. The maximum absolute atomic E-state index is 12.6. The molecule has 5 nitrogen and oxygen atoms in total. The van der Waals surface area contributed by atoms with Crippen LogP contribution in [-0.2, 0) is 4.79 Å². The Hall–Kier alpha value is -1.26. The summed E-state index contributed by atoms with van der Waals surface area (Å²) in [7, 11) is 0. The Bertz CT molecular complexity index is 349. The van der Waals surface area contributed by atoms with E-state index in [2.05, 4.69) is 6.92 Å². The summed E-state index contributed by atoms with van der Waals surface area (Å²) in [5, 5.41) is 9.01. The molecule has 0 spiro atoms. The molecule has 0 bridgehead atoms. The van der Waals surface area contributed by atoms with Crippen LogP contribution in [0.3, 0.4) is 0 Å². The zero-order chi connectivity index (χ0) is 14.5. The number of hydrogen-bond donors (Lipinski definition) is 1. The summed E-state index contributed by atoms with van der Waals surface area (Å²) >= 11 is 0. The van der Waals surface area contributed by atoms with Gasteiger partial charge in [0.2, 0.25) is 0 Å². The molecular weight excluding hydrogens is 256 g/mol. The van der Waals surface area contributed by atoms with Crippen molar-refractivity contribution in [2.24, 2.45) is 5.92 Å². The summed E-state index contributed by atoms with van der Waals surface area (Å²) in [6.45, 7) is 4.20. The quantitative estimate of drug-likeness (QED) is 0.865. The first-order valence-corrected chi connectivity index (χ1v) is 7.91. The summed E-state index contributed by atoms with van der Waals surface area (Å²) in [6, 6.07) is 0.519. The van der Waals surface area contributed by atoms with E-state index in [1.165, 1.54) is 6.42 Å². The fourth-order valence-electron chi connectivity index (χ4n) is 3.39. The molecule has 1 N–H and O–H groups in total. The Balaban J connectivity index is 1.91. The third-order valence-electron chi connectivity index (χ3n) is 4.61. The number of urea groups is 1. The van der Waals surface area contributed by atoms with Gasteiger partial charge in [0, 0.05) is 25.7 Å². The number of rotatable bonds is 3. The zero-order valence-corrected chi connectivity index (χ0v) is 12.4. The van der Waals surface area contributed by atoms with E-state index in [1.807, 2.05) is 9.80 Å². The van der Waals surface area contributed by atoms with Crippen LogP contribution >= 0.6 is 0 Å². The Morgan fingerprint density at radius 3 is 2.40 bits per heavy atom. The SMILES string of the molecule is CCCC1CCCCN1C(=O)N1CCC(C(=O)O)CC1. The van der Waals surface area contributed by atoms with Gasteiger partial charge in [-0.1, -0.05) is 13.3 Å². The fourth-order valence-corrected chi connectivity index (χ4v) is 3.39. The van der Waals surface area contributed by atoms with Crippen molar-refractivity contribution in [2.45, 2.75) is 57.9 Å². The lowest BCUT2D eigenvalue weighted by molar-refractivity contribution is -0.143. The second-order valence-corrected chi connectivity index (χ2v) is 6.01. The van der Waals surface area contributed by atoms with E-state index in [1.54, 1.807) is 0 Å². The van der Waals surface area contributed by atoms with Gasteiger partial charge in [-0.2, -0.15) is 0 Å². The lowest BCUT2D eigenvalue weighted by Gasteiger charge is -2.40. The molecule has 2 saturated heterocycles. The molecule has 0 aliphatic carbocycles. The van der Waals surface area contributed by atoms with Gasteiger partial charge >= 0.3 is 12.0 Å². The van der Waals surface area contributed by atoms with E-state index in [0.29, 0.717) is 32.0 Å². The molecule has 20 heavy (non-hydrogen) atoms. The Morgan fingerprint density at radius 2 is 1.80 bits per heavy atom. The summed E-state index contributed by atoms with van der Waals surface area (Å²) in [4.78, 5) is 27.5. The summed E-state index contributed by atoms with van der Waals surface area (Å²) in [5.41, 5.74) is 0. The molecule has 0 aromatic carbocycles. The zero-order valence-electron chi connectivity index (χ0n) is 12.4.